The van der Waals surface area contributed by atoms with E-state index in [9.17, 15) is 9.18 Å². The summed E-state index contributed by atoms with van der Waals surface area (Å²) >= 11 is 1.32. The predicted octanol–water partition coefficient (Wildman–Crippen LogP) is 2.58. The number of hydrogen-bond acceptors (Lipinski definition) is 4. The summed E-state index contributed by atoms with van der Waals surface area (Å²) in [5, 5.41) is 12.4. The molecule has 3 aromatic rings. The van der Waals surface area contributed by atoms with Gasteiger partial charge in [-0.1, -0.05) is 11.3 Å². The zero-order valence-corrected chi connectivity index (χ0v) is 11.4. The van der Waals surface area contributed by atoms with Crippen LogP contribution in [0.2, 0.25) is 0 Å². The highest BCUT2D eigenvalue weighted by molar-refractivity contribution is 7.15. The van der Waals surface area contributed by atoms with Gasteiger partial charge in [-0.2, -0.15) is 0 Å². The van der Waals surface area contributed by atoms with E-state index in [-0.39, 0.29) is 18.3 Å². The minimum absolute atomic E-state index is 0.147. The molecule has 0 bridgehead atoms. The molecule has 7 heteroatoms. The molecule has 20 heavy (non-hydrogen) atoms. The third-order valence-corrected chi connectivity index (χ3v) is 3.57. The van der Waals surface area contributed by atoms with Crippen molar-refractivity contribution in [1.29, 1.82) is 0 Å². The Kier molecular flexibility index (Phi) is 3.19. The molecule has 0 aliphatic rings. The Morgan fingerprint density at radius 2 is 2.25 bits per heavy atom. The van der Waals surface area contributed by atoms with Gasteiger partial charge in [0.05, 0.1) is 0 Å². The fourth-order valence-corrected chi connectivity index (χ4v) is 2.58. The van der Waals surface area contributed by atoms with Crippen molar-refractivity contribution in [2.75, 3.05) is 5.32 Å². The van der Waals surface area contributed by atoms with Crippen molar-refractivity contribution in [3.05, 3.63) is 41.3 Å². The van der Waals surface area contributed by atoms with E-state index in [2.05, 4.69) is 15.5 Å². The van der Waals surface area contributed by atoms with E-state index in [0.29, 0.717) is 5.13 Å². The second-order valence-corrected chi connectivity index (χ2v) is 5.50. The molecule has 3 rings (SSSR count). The SMILES string of the molecule is Cc1nnc(NC(=O)Cn2ccc3cc(F)ccc32)s1. The van der Waals surface area contributed by atoms with Crippen molar-refractivity contribution in [3.8, 4) is 0 Å². The molecule has 102 valence electrons. The second kappa shape index (κ2) is 5.01. The maximum atomic E-state index is 13.1. The number of rotatable bonds is 3. The predicted molar refractivity (Wildman–Crippen MR) is 75.2 cm³/mol. The lowest BCUT2D eigenvalue weighted by atomic mass is 10.2. The molecule has 0 atom stereocenters. The van der Waals surface area contributed by atoms with E-state index in [4.69, 9.17) is 0 Å². The molecule has 0 aliphatic carbocycles. The van der Waals surface area contributed by atoms with E-state index in [1.165, 1.54) is 23.5 Å². The Morgan fingerprint density at radius 3 is 3.00 bits per heavy atom. The first-order valence-electron chi connectivity index (χ1n) is 5.96. The second-order valence-electron chi connectivity index (χ2n) is 4.32. The Labute approximate surface area is 118 Å². The molecule has 1 amide bonds. The van der Waals surface area contributed by atoms with Gasteiger partial charge in [0.2, 0.25) is 11.0 Å². The normalized spacial score (nSPS) is 10.9. The number of hydrogen-bond donors (Lipinski definition) is 1. The molecule has 0 aliphatic heterocycles. The highest BCUT2D eigenvalue weighted by atomic mass is 32.1. The summed E-state index contributed by atoms with van der Waals surface area (Å²) in [5.41, 5.74) is 0.815. The van der Waals surface area contributed by atoms with Crippen LogP contribution in [0.3, 0.4) is 0 Å². The average molecular weight is 290 g/mol. The summed E-state index contributed by atoms with van der Waals surface area (Å²) in [6.07, 6.45) is 1.76. The molecule has 2 aromatic heterocycles. The van der Waals surface area contributed by atoms with Gasteiger partial charge in [0, 0.05) is 17.1 Å². The van der Waals surface area contributed by atoms with Crippen molar-refractivity contribution < 1.29 is 9.18 Å². The first kappa shape index (κ1) is 12.7. The van der Waals surface area contributed by atoms with Crippen LogP contribution in [0, 0.1) is 12.7 Å². The number of anilines is 1. The third kappa shape index (κ3) is 2.53. The van der Waals surface area contributed by atoms with Crippen LogP contribution in [0.25, 0.3) is 10.9 Å². The van der Waals surface area contributed by atoms with Crippen molar-refractivity contribution >= 4 is 33.3 Å². The molecule has 1 aromatic carbocycles. The molecule has 0 fully saturated rings. The van der Waals surface area contributed by atoms with Gasteiger partial charge in [0.15, 0.2) is 0 Å². The highest BCUT2D eigenvalue weighted by Crippen LogP contribution is 2.18. The molecule has 0 spiro atoms. The number of aryl methyl sites for hydroxylation is 1. The topological polar surface area (TPSA) is 59.8 Å². The van der Waals surface area contributed by atoms with Crippen molar-refractivity contribution in [3.63, 3.8) is 0 Å². The number of halogens is 1. The quantitative estimate of drug-likeness (QED) is 0.806. The lowest BCUT2D eigenvalue weighted by molar-refractivity contribution is -0.116. The summed E-state index contributed by atoms with van der Waals surface area (Å²) < 4.78 is 14.9. The smallest absolute Gasteiger partial charge is 0.246 e. The van der Waals surface area contributed by atoms with Crippen LogP contribution in [0.4, 0.5) is 9.52 Å². The molecule has 0 unspecified atom stereocenters. The summed E-state index contributed by atoms with van der Waals surface area (Å²) in [6.45, 7) is 1.97. The van der Waals surface area contributed by atoms with Gasteiger partial charge in [-0.05, 0) is 31.2 Å². The van der Waals surface area contributed by atoms with Gasteiger partial charge in [-0.15, -0.1) is 10.2 Å². The van der Waals surface area contributed by atoms with E-state index in [1.807, 2.05) is 6.92 Å². The Morgan fingerprint density at radius 1 is 1.40 bits per heavy atom. The monoisotopic (exact) mass is 290 g/mol. The molecule has 0 saturated carbocycles. The number of carbonyl (C=O) groups is 1. The molecule has 2 heterocycles. The largest absolute Gasteiger partial charge is 0.338 e. The maximum absolute atomic E-state index is 13.1. The molecular weight excluding hydrogens is 279 g/mol. The van der Waals surface area contributed by atoms with Crippen LogP contribution in [-0.2, 0) is 11.3 Å². The van der Waals surface area contributed by atoms with Crippen molar-refractivity contribution in [1.82, 2.24) is 14.8 Å². The number of amides is 1. The minimum atomic E-state index is -0.288. The van der Waals surface area contributed by atoms with Crippen LogP contribution < -0.4 is 5.32 Å². The number of carbonyl (C=O) groups excluding carboxylic acids is 1. The fraction of sp³-hybridized carbons (Fsp3) is 0.154. The third-order valence-electron chi connectivity index (χ3n) is 2.82. The van der Waals surface area contributed by atoms with Crippen LogP contribution in [-0.4, -0.2) is 20.7 Å². The molecule has 0 radical (unpaired) electrons. The average Bonchev–Trinajstić information content (AvgIpc) is 2.96. The Hall–Kier alpha value is -2.28. The minimum Gasteiger partial charge on any atom is -0.338 e. The lowest BCUT2D eigenvalue weighted by Crippen LogP contribution is -2.18. The number of fused-ring (bicyclic) bond motifs is 1. The van der Waals surface area contributed by atoms with Crippen molar-refractivity contribution in [2.45, 2.75) is 13.5 Å². The summed E-state index contributed by atoms with van der Waals surface area (Å²) in [4.78, 5) is 11.9. The summed E-state index contributed by atoms with van der Waals surface area (Å²) in [6, 6.07) is 6.26. The van der Waals surface area contributed by atoms with Gasteiger partial charge < -0.3 is 4.57 Å². The van der Waals surface area contributed by atoms with Crippen LogP contribution >= 0.6 is 11.3 Å². The van der Waals surface area contributed by atoms with Crippen LogP contribution in [0.1, 0.15) is 5.01 Å². The van der Waals surface area contributed by atoms with Gasteiger partial charge in [0.25, 0.3) is 0 Å². The van der Waals surface area contributed by atoms with E-state index >= 15 is 0 Å². The fourth-order valence-electron chi connectivity index (χ4n) is 1.97. The first-order chi connectivity index (χ1) is 9.61. The van der Waals surface area contributed by atoms with Crippen LogP contribution in [0.15, 0.2) is 30.5 Å². The van der Waals surface area contributed by atoms with Gasteiger partial charge in [-0.3, -0.25) is 10.1 Å². The Balaban J connectivity index is 1.77. The number of benzene rings is 1. The molecule has 0 saturated heterocycles. The van der Waals surface area contributed by atoms with Crippen LogP contribution in [0.5, 0.6) is 0 Å². The van der Waals surface area contributed by atoms with Gasteiger partial charge in [0.1, 0.15) is 17.4 Å². The van der Waals surface area contributed by atoms with E-state index < -0.39 is 0 Å². The summed E-state index contributed by atoms with van der Waals surface area (Å²) in [7, 11) is 0. The molecule has 1 N–H and O–H groups in total. The standard InChI is InChI=1S/C13H11FN4OS/c1-8-16-17-13(20-8)15-12(19)7-18-5-4-9-6-10(14)2-3-11(9)18/h2-6H,7H2,1H3,(H,15,17,19). The summed E-state index contributed by atoms with van der Waals surface area (Å²) in [5.74, 6) is -0.480. The lowest BCUT2D eigenvalue weighted by Gasteiger charge is -2.04. The zero-order valence-electron chi connectivity index (χ0n) is 10.6. The van der Waals surface area contributed by atoms with Crippen molar-refractivity contribution in [2.24, 2.45) is 0 Å². The highest BCUT2D eigenvalue weighted by Gasteiger charge is 2.09. The van der Waals surface area contributed by atoms with Gasteiger partial charge >= 0.3 is 0 Å². The number of nitrogens with one attached hydrogen (secondary N) is 1. The first-order valence-corrected chi connectivity index (χ1v) is 6.78. The number of aromatic nitrogens is 3. The maximum Gasteiger partial charge on any atom is 0.246 e. The Bertz CT molecular complexity index is 780. The zero-order chi connectivity index (χ0) is 14.1. The molecular formula is C13H11FN4OS. The van der Waals surface area contributed by atoms with E-state index in [0.717, 1.165) is 15.9 Å². The van der Waals surface area contributed by atoms with Gasteiger partial charge in [-0.25, -0.2) is 4.39 Å². The molecule has 5 nitrogen and oxygen atoms in total. The van der Waals surface area contributed by atoms with E-state index in [1.54, 1.807) is 22.9 Å². The number of nitrogens with zero attached hydrogens (tertiary/aromatic N) is 3.